The van der Waals surface area contributed by atoms with Gasteiger partial charge >= 0.3 is 5.97 Å². The lowest BCUT2D eigenvalue weighted by Crippen LogP contribution is -2.30. The van der Waals surface area contributed by atoms with Crippen molar-refractivity contribution in [2.75, 3.05) is 18.0 Å². The van der Waals surface area contributed by atoms with Crippen molar-refractivity contribution in [3.63, 3.8) is 0 Å². The Balaban J connectivity index is 2.69. The number of benzene rings is 1. The van der Waals surface area contributed by atoms with Gasteiger partial charge in [-0.1, -0.05) is 19.1 Å². The molecule has 1 aromatic heterocycles. The molecule has 1 aromatic carbocycles. The highest BCUT2D eigenvalue weighted by Gasteiger charge is 2.19. The number of hydrogen-bond donors (Lipinski definition) is 1. The molecule has 22 heavy (non-hydrogen) atoms. The van der Waals surface area contributed by atoms with Crippen LogP contribution in [-0.4, -0.2) is 34.1 Å². The summed E-state index contributed by atoms with van der Waals surface area (Å²) in [6, 6.07) is 6.49. The van der Waals surface area contributed by atoms with Crippen molar-refractivity contribution in [2.45, 2.75) is 20.3 Å². The number of para-hydroxylation sites is 1. The highest BCUT2D eigenvalue weighted by Crippen LogP contribution is 2.32. The molecule has 0 aliphatic rings. The van der Waals surface area contributed by atoms with E-state index in [-0.39, 0.29) is 17.7 Å². The molecule has 7 heteroatoms. The number of aryl methyl sites for hydroxylation is 1. The van der Waals surface area contributed by atoms with Crippen LogP contribution in [0.3, 0.4) is 0 Å². The van der Waals surface area contributed by atoms with Gasteiger partial charge < -0.3 is 10.0 Å². The summed E-state index contributed by atoms with van der Waals surface area (Å²) in [5.74, 6) is -0.943. The number of nitro groups is 1. The normalized spacial score (nSPS) is 10.6. The summed E-state index contributed by atoms with van der Waals surface area (Å²) < 4.78 is 0. The van der Waals surface area contributed by atoms with E-state index in [1.165, 1.54) is 6.07 Å². The van der Waals surface area contributed by atoms with Gasteiger partial charge in [-0.25, -0.2) is 4.98 Å². The van der Waals surface area contributed by atoms with Crippen LogP contribution >= 0.6 is 0 Å². The number of aliphatic carboxylic acids is 1. The number of aromatic nitrogens is 1. The van der Waals surface area contributed by atoms with Gasteiger partial charge in [-0.05, 0) is 19.4 Å². The second-order valence-electron chi connectivity index (χ2n) is 5.03. The van der Waals surface area contributed by atoms with Gasteiger partial charge in [0.15, 0.2) is 5.52 Å². The summed E-state index contributed by atoms with van der Waals surface area (Å²) in [5.41, 5.74) is 1.49. The first-order valence-corrected chi connectivity index (χ1v) is 6.95. The molecule has 0 bridgehead atoms. The summed E-state index contributed by atoms with van der Waals surface area (Å²) in [6.45, 7) is 4.08. The van der Waals surface area contributed by atoms with Crippen molar-refractivity contribution >= 4 is 28.2 Å². The van der Waals surface area contributed by atoms with Gasteiger partial charge in [0, 0.05) is 29.4 Å². The Morgan fingerprint density at radius 1 is 1.45 bits per heavy atom. The fourth-order valence-electron chi connectivity index (χ4n) is 2.47. The standard InChI is InChI=1S/C15H17N3O4/c1-3-7-17(9-14(19)20)13-8-10(2)16-15-11(13)5-4-6-12(15)18(21)22/h4-6,8H,3,7,9H2,1-2H3,(H,19,20). The van der Waals surface area contributed by atoms with E-state index in [1.54, 1.807) is 30.0 Å². The van der Waals surface area contributed by atoms with E-state index in [9.17, 15) is 14.9 Å². The Labute approximate surface area is 127 Å². The SMILES string of the molecule is CCCN(CC(=O)O)c1cc(C)nc2c([N+](=O)[O-])cccc12. The van der Waals surface area contributed by atoms with Crippen LogP contribution in [-0.2, 0) is 4.79 Å². The zero-order valence-electron chi connectivity index (χ0n) is 12.4. The van der Waals surface area contributed by atoms with Crippen LogP contribution in [0.1, 0.15) is 19.0 Å². The molecule has 1 heterocycles. The summed E-state index contributed by atoms with van der Waals surface area (Å²) in [6.07, 6.45) is 0.769. The highest BCUT2D eigenvalue weighted by atomic mass is 16.6. The molecular formula is C15H17N3O4. The van der Waals surface area contributed by atoms with E-state index < -0.39 is 10.9 Å². The third-order valence-electron chi connectivity index (χ3n) is 3.28. The number of nitrogens with zero attached hydrogens (tertiary/aromatic N) is 3. The monoisotopic (exact) mass is 303 g/mol. The van der Waals surface area contributed by atoms with Gasteiger partial charge in [-0.2, -0.15) is 0 Å². The maximum atomic E-state index is 11.2. The number of carbonyl (C=O) groups is 1. The van der Waals surface area contributed by atoms with Crippen LogP contribution in [0.5, 0.6) is 0 Å². The molecule has 0 spiro atoms. The van der Waals surface area contributed by atoms with E-state index in [0.29, 0.717) is 23.3 Å². The molecule has 0 fully saturated rings. The van der Waals surface area contributed by atoms with Crippen LogP contribution in [0.15, 0.2) is 24.3 Å². The Morgan fingerprint density at radius 3 is 2.77 bits per heavy atom. The Bertz CT molecular complexity index is 730. The lowest BCUT2D eigenvalue weighted by molar-refractivity contribution is -0.383. The molecule has 2 aromatic rings. The fraction of sp³-hybridized carbons (Fsp3) is 0.333. The van der Waals surface area contributed by atoms with E-state index in [2.05, 4.69) is 4.98 Å². The molecular weight excluding hydrogens is 286 g/mol. The Kier molecular flexibility index (Phi) is 4.55. The largest absolute Gasteiger partial charge is 0.480 e. The zero-order valence-corrected chi connectivity index (χ0v) is 12.4. The average molecular weight is 303 g/mol. The third kappa shape index (κ3) is 3.13. The van der Waals surface area contributed by atoms with E-state index in [1.807, 2.05) is 6.92 Å². The quantitative estimate of drug-likeness (QED) is 0.651. The number of hydrogen-bond acceptors (Lipinski definition) is 5. The van der Waals surface area contributed by atoms with Gasteiger partial charge in [-0.15, -0.1) is 0 Å². The predicted molar refractivity (Wildman–Crippen MR) is 83.3 cm³/mol. The molecule has 0 aliphatic carbocycles. The van der Waals surface area contributed by atoms with Gasteiger partial charge in [0.05, 0.1) is 4.92 Å². The molecule has 1 N–H and O–H groups in total. The first kappa shape index (κ1) is 15.7. The number of rotatable bonds is 6. The number of carboxylic acid groups (broad SMARTS) is 1. The molecule has 0 saturated heterocycles. The molecule has 0 saturated carbocycles. The van der Waals surface area contributed by atoms with Crippen molar-refractivity contribution in [2.24, 2.45) is 0 Å². The lowest BCUT2D eigenvalue weighted by atomic mass is 10.1. The molecule has 0 unspecified atom stereocenters. The van der Waals surface area contributed by atoms with E-state index in [4.69, 9.17) is 5.11 Å². The lowest BCUT2D eigenvalue weighted by Gasteiger charge is -2.24. The minimum atomic E-state index is -0.943. The number of pyridine rings is 1. The van der Waals surface area contributed by atoms with Crippen LogP contribution in [0.2, 0.25) is 0 Å². The minimum Gasteiger partial charge on any atom is -0.480 e. The van der Waals surface area contributed by atoms with Crippen molar-refractivity contribution in [3.05, 3.63) is 40.1 Å². The predicted octanol–water partition coefficient (Wildman–Crippen LogP) is 2.75. The van der Waals surface area contributed by atoms with Crippen LogP contribution < -0.4 is 4.90 Å². The zero-order chi connectivity index (χ0) is 16.3. The minimum absolute atomic E-state index is 0.0748. The number of carboxylic acids is 1. The Hall–Kier alpha value is -2.70. The van der Waals surface area contributed by atoms with Crippen LogP contribution in [0, 0.1) is 17.0 Å². The molecule has 2 rings (SSSR count). The maximum absolute atomic E-state index is 11.2. The van der Waals surface area contributed by atoms with Gasteiger partial charge in [0.25, 0.3) is 5.69 Å². The van der Waals surface area contributed by atoms with Crippen LogP contribution in [0.4, 0.5) is 11.4 Å². The second-order valence-corrected chi connectivity index (χ2v) is 5.03. The maximum Gasteiger partial charge on any atom is 0.323 e. The first-order valence-electron chi connectivity index (χ1n) is 6.95. The van der Waals surface area contributed by atoms with E-state index >= 15 is 0 Å². The fourth-order valence-corrected chi connectivity index (χ4v) is 2.47. The summed E-state index contributed by atoms with van der Waals surface area (Å²) in [4.78, 5) is 27.8. The number of non-ortho nitro benzene ring substituents is 1. The Morgan fingerprint density at radius 2 is 2.18 bits per heavy atom. The first-order chi connectivity index (χ1) is 10.4. The smallest absolute Gasteiger partial charge is 0.323 e. The molecule has 116 valence electrons. The number of anilines is 1. The topological polar surface area (TPSA) is 96.6 Å². The van der Waals surface area contributed by atoms with Gasteiger partial charge in [0.1, 0.15) is 6.54 Å². The molecule has 0 aliphatic heterocycles. The van der Waals surface area contributed by atoms with Crippen molar-refractivity contribution in [1.29, 1.82) is 0 Å². The summed E-state index contributed by atoms with van der Waals surface area (Å²) >= 11 is 0. The average Bonchev–Trinajstić information content (AvgIpc) is 2.44. The van der Waals surface area contributed by atoms with Gasteiger partial charge in [-0.3, -0.25) is 14.9 Å². The number of fused-ring (bicyclic) bond motifs is 1. The summed E-state index contributed by atoms with van der Waals surface area (Å²) in [7, 11) is 0. The highest BCUT2D eigenvalue weighted by molar-refractivity contribution is 5.97. The van der Waals surface area contributed by atoms with Crippen molar-refractivity contribution in [3.8, 4) is 0 Å². The third-order valence-corrected chi connectivity index (χ3v) is 3.28. The molecule has 0 radical (unpaired) electrons. The van der Waals surface area contributed by atoms with Gasteiger partial charge in [0.2, 0.25) is 0 Å². The number of nitro benzene ring substituents is 1. The second kappa shape index (κ2) is 6.38. The molecule has 0 atom stereocenters. The summed E-state index contributed by atoms with van der Waals surface area (Å²) in [5, 5.41) is 20.9. The molecule has 7 nitrogen and oxygen atoms in total. The molecule has 0 amide bonds. The van der Waals surface area contributed by atoms with Crippen molar-refractivity contribution < 1.29 is 14.8 Å². The van der Waals surface area contributed by atoms with Crippen molar-refractivity contribution in [1.82, 2.24) is 4.98 Å². The van der Waals surface area contributed by atoms with E-state index in [0.717, 1.165) is 6.42 Å². The van der Waals surface area contributed by atoms with Crippen LogP contribution in [0.25, 0.3) is 10.9 Å².